The second-order valence-electron chi connectivity index (χ2n) is 4.29. The Hall–Kier alpha value is -0.780. The first kappa shape index (κ1) is 12.7. The van der Waals surface area contributed by atoms with Crippen LogP contribution in [0.4, 0.5) is 5.69 Å². The van der Waals surface area contributed by atoms with Gasteiger partial charge in [0.15, 0.2) is 0 Å². The minimum atomic E-state index is -3.47. The summed E-state index contributed by atoms with van der Waals surface area (Å²) >= 11 is 5.82. The Balaban J connectivity index is 2.21. The van der Waals surface area contributed by atoms with Gasteiger partial charge in [-0.1, -0.05) is 24.4 Å². The monoisotopic (exact) mass is 274 g/mol. The molecule has 2 rings (SSSR count). The third kappa shape index (κ3) is 2.91. The predicted octanol–water partition coefficient (Wildman–Crippen LogP) is 2.14. The number of nitrogens with two attached hydrogens (primary N) is 1. The van der Waals surface area contributed by atoms with Gasteiger partial charge in [0.05, 0.1) is 15.6 Å². The van der Waals surface area contributed by atoms with Crippen molar-refractivity contribution in [2.24, 2.45) is 0 Å². The van der Waals surface area contributed by atoms with Crippen LogP contribution in [-0.4, -0.2) is 14.5 Å². The van der Waals surface area contributed by atoms with Crippen LogP contribution in [0.15, 0.2) is 23.1 Å². The van der Waals surface area contributed by atoms with Gasteiger partial charge >= 0.3 is 0 Å². The lowest BCUT2D eigenvalue weighted by Gasteiger charge is -2.12. The number of benzene rings is 1. The Morgan fingerprint density at radius 2 is 1.94 bits per heavy atom. The number of nitrogen functional groups attached to an aromatic ring is 1. The molecule has 3 N–H and O–H groups in total. The lowest BCUT2D eigenvalue weighted by molar-refractivity contribution is 0.552. The largest absolute Gasteiger partial charge is 0.398 e. The van der Waals surface area contributed by atoms with Gasteiger partial charge in [-0.05, 0) is 31.0 Å². The molecule has 0 heterocycles. The number of hydrogen-bond acceptors (Lipinski definition) is 3. The highest BCUT2D eigenvalue weighted by Gasteiger charge is 2.23. The van der Waals surface area contributed by atoms with Crippen molar-refractivity contribution in [2.75, 3.05) is 5.73 Å². The molecule has 94 valence electrons. The fourth-order valence-electron chi connectivity index (χ4n) is 2.01. The number of hydrogen-bond donors (Lipinski definition) is 2. The average Bonchev–Trinajstić information content (AvgIpc) is 2.73. The summed E-state index contributed by atoms with van der Waals surface area (Å²) in [6.07, 6.45) is 3.97. The van der Waals surface area contributed by atoms with E-state index in [2.05, 4.69) is 4.72 Å². The topological polar surface area (TPSA) is 72.2 Å². The van der Waals surface area contributed by atoms with E-state index in [1.54, 1.807) is 0 Å². The van der Waals surface area contributed by atoms with Crippen LogP contribution < -0.4 is 10.5 Å². The molecule has 0 aliphatic heterocycles. The maximum Gasteiger partial charge on any atom is 0.240 e. The van der Waals surface area contributed by atoms with Gasteiger partial charge in [-0.15, -0.1) is 0 Å². The van der Waals surface area contributed by atoms with Crippen LogP contribution in [0.5, 0.6) is 0 Å². The van der Waals surface area contributed by atoms with Crippen LogP contribution >= 0.6 is 11.6 Å². The molecule has 1 aliphatic carbocycles. The van der Waals surface area contributed by atoms with Crippen LogP contribution in [0, 0.1) is 0 Å². The minimum Gasteiger partial charge on any atom is -0.398 e. The van der Waals surface area contributed by atoms with Crippen LogP contribution in [0.25, 0.3) is 0 Å². The lowest BCUT2D eigenvalue weighted by atomic mass is 10.3. The maximum atomic E-state index is 12.0. The summed E-state index contributed by atoms with van der Waals surface area (Å²) in [6.45, 7) is 0. The van der Waals surface area contributed by atoms with E-state index >= 15 is 0 Å². The molecule has 1 aromatic rings. The second kappa shape index (κ2) is 4.84. The molecule has 0 unspecified atom stereocenters. The van der Waals surface area contributed by atoms with E-state index in [0.29, 0.717) is 5.69 Å². The van der Waals surface area contributed by atoms with Crippen LogP contribution in [0.1, 0.15) is 25.7 Å². The molecular weight excluding hydrogens is 260 g/mol. The Kier molecular flexibility index (Phi) is 3.61. The normalized spacial score (nSPS) is 17.5. The number of sulfonamides is 1. The van der Waals surface area contributed by atoms with Crippen molar-refractivity contribution in [2.45, 2.75) is 36.6 Å². The molecule has 0 amide bonds. The second-order valence-corrected chi connectivity index (χ2v) is 6.41. The summed E-state index contributed by atoms with van der Waals surface area (Å²) in [5.41, 5.74) is 5.93. The van der Waals surface area contributed by atoms with Crippen molar-refractivity contribution < 1.29 is 8.42 Å². The first-order chi connectivity index (χ1) is 7.99. The first-order valence-corrected chi connectivity index (χ1v) is 7.42. The van der Waals surface area contributed by atoms with Gasteiger partial charge in [0.25, 0.3) is 0 Å². The van der Waals surface area contributed by atoms with E-state index in [4.69, 9.17) is 17.3 Å². The SMILES string of the molecule is Nc1ccc(S(=O)(=O)NC2CCCC2)cc1Cl. The number of rotatable bonds is 3. The third-order valence-electron chi connectivity index (χ3n) is 2.96. The molecule has 1 aromatic carbocycles. The predicted molar refractivity (Wildman–Crippen MR) is 68.4 cm³/mol. The van der Waals surface area contributed by atoms with Gasteiger partial charge in [-0.25, -0.2) is 13.1 Å². The zero-order valence-corrected chi connectivity index (χ0v) is 10.9. The summed E-state index contributed by atoms with van der Waals surface area (Å²) in [6, 6.07) is 4.41. The van der Waals surface area contributed by atoms with Gasteiger partial charge in [0.1, 0.15) is 0 Å². The lowest BCUT2D eigenvalue weighted by Crippen LogP contribution is -2.32. The standard InChI is InChI=1S/C11H15ClN2O2S/c12-10-7-9(5-6-11(10)13)17(15,16)14-8-3-1-2-4-8/h5-8,14H,1-4,13H2. The van der Waals surface area contributed by atoms with Crippen molar-refractivity contribution in [3.8, 4) is 0 Å². The molecule has 0 atom stereocenters. The maximum absolute atomic E-state index is 12.0. The molecule has 1 aliphatic rings. The van der Waals surface area contributed by atoms with Crippen LogP contribution in [0.3, 0.4) is 0 Å². The van der Waals surface area contributed by atoms with E-state index in [9.17, 15) is 8.42 Å². The van der Waals surface area contributed by atoms with Crippen molar-refractivity contribution in [3.63, 3.8) is 0 Å². The summed E-state index contributed by atoms with van der Waals surface area (Å²) in [5, 5.41) is 0.263. The van der Waals surface area contributed by atoms with E-state index in [-0.39, 0.29) is 16.0 Å². The smallest absolute Gasteiger partial charge is 0.240 e. The van der Waals surface area contributed by atoms with Crippen molar-refractivity contribution >= 4 is 27.3 Å². The Labute approximate surface area is 106 Å². The van der Waals surface area contributed by atoms with Gasteiger partial charge in [0.2, 0.25) is 10.0 Å². The number of anilines is 1. The van der Waals surface area contributed by atoms with E-state index < -0.39 is 10.0 Å². The highest BCUT2D eigenvalue weighted by atomic mass is 35.5. The van der Waals surface area contributed by atoms with Crippen LogP contribution in [-0.2, 0) is 10.0 Å². The van der Waals surface area contributed by atoms with Gasteiger partial charge in [-0.2, -0.15) is 0 Å². The van der Waals surface area contributed by atoms with Gasteiger partial charge in [0, 0.05) is 6.04 Å². The summed E-state index contributed by atoms with van der Waals surface area (Å²) in [5.74, 6) is 0. The minimum absolute atomic E-state index is 0.0522. The average molecular weight is 275 g/mol. The van der Waals surface area contributed by atoms with E-state index in [0.717, 1.165) is 25.7 Å². The molecule has 0 saturated heterocycles. The van der Waals surface area contributed by atoms with E-state index in [1.807, 2.05) is 0 Å². The first-order valence-electron chi connectivity index (χ1n) is 5.56. The fraction of sp³-hybridized carbons (Fsp3) is 0.455. The fourth-order valence-corrected chi connectivity index (χ4v) is 3.58. The molecule has 6 heteroatoms. The van der Waals surface area contributed by atoms with Gasteiger partial charge < -0.3 is 5.73 Å². The summed E-state index contributed by atoms with van der Waals surface area (Å²) in [7, 11) is -3.47. The molecule has 0 aromatic heterocycles. The van der Waals surface area contributed by atoms with Crippen molar-refractivity contribution in [1.29, 1.82) is 0 Å². The molecule has 0 bridgehead atoms. The molecule has 4 nitrogen and oxygen atoms in total. The Morgan fingerprint density at radius 1 is 1.29 bits per heavy atom. The highest BCUT2D eigenvalue weighted by Crippen LogP contribution is 2.24. The van der Waals surface area contributed by atoms with E-state index in [1.165, 1.54) is 18.2 Å². The molecule has 0 radical (unpaired) electrons. The molecule has 1 saturated carbocycles. The zero-order chi connectivity index (χ0) is 12.5. The summed E-state index contributed by atoms with van der Waals surface area (Å²) < 4.78 is 26.8. The molecular formula is C11H15ClN2O2S. The van der Waals surface area contributed by atoms with Crippen LogP contribution in [0.2, 0.25) is 5.02 Å². The molecule has 1 fully saturated rings. The third-order valence-corrected chi connectivity index (χ3v) is 4.80. The highest BCUT2D eigenvalue weighted by molar-refractivity contribution is 7.89. The Bertz CT molecular complexity index is 510. The Morgan fingerprint density at radius 3 is 2.53 bits per heavy atom. The number of halogens is 1. The van der Waals surface area contributed by atoms with Gasteiger partial charge in [-0.3, -0.25) is 0 Å². The van der Waals surface area contributed by atoms with Crippen molar-refractivity contribution in [1.82, 2.24) is 4.72 Å². The zero-order valence-electron chi connectivity index (χ0n) is 9.32. The molecule has 0 spiro atoms. The quantitative estimate of drug-likeness (QED) is 0.830. The van der Waals surface area contributed by atoms with Crippen molar-refractivity contribution in [3.05, 3.63) is 23.2 Å². The molecule has 17 heavy (non-hydrogen) atoms. The number of nitrogens with one attached hydrogen (secondary N) is 1. The summed E-state index contributed by atoms with van der Waals surface area (Å²) in [4.78, 5) is 0.170.